The van der Waals surface area contributed by atoms with Crippen molar-refractivity contribution in [1.29, 1.82) is 0 Å². The summed E-state index contributed by atoms with van der Waals surface area (Å²) in [7, 11) is 0. The molecule has 0 aliphatic heterocycles. The first-order valence-corrected chi connectivity index (χ1v) is 9.81. The molecule has 7 nitrogen and oxygen atoms in total. The molecule has 0 saturated heterocycles. The maximum absolute atomic E-state index is 13.2. The zero-order chi connectivity index (χ0) is 19.5. The van der Waals surface area contributed by atoms with Crippen LogP contribution in [0.4, 0.5) is 0 Å². The van der Waals surface area contributed by atoms with Gasteiger partial charge in [0.05, 0.1) is 29.0 Å². The Balaban J connectivity index is 1.79. The monoisotopic (exact) mass is 394 g/mol. The molecule has 0 bridgehead atoms. The molecule has 2 heterocycles. The lowest BCUT2D eigenvalue weighted by Gasteiger charge is -2.13. The molecule has 0 radical (unpaired) electrons. The molecule has 0 aliphatic carbocycles. The van der Waals surface area contributed by atoms with E-state index in [0.29, 0.717) is 40.2 Å². The summed E-state index contributed by atoms with van der Waals surface area (Å²) in [6, 6.07) is 14.7. The van der Waals surface area contributed by atoms with Crippen LogP contribution in [0.5, 0.6) is 5.75 Å². The molecule has 0 fully saturated rings. The minimum atomic E-state index is -0.126. The van der Waals surface area contributed by atoms with Crippen molar-refractivity contribution in [3.8, 4) is 11.4 Å². The number of para-hydroxylation sites is 1. The van der Waals surface area contributed by atoms with Crippen molar-refractivity contribution in [3.05, 3.63) is 70.7 Å². The molecule has 0 amide bonds. The molecule has 0 unspecified atom stereocenters. The van der Waals surface area contributed by atoms with Crippen molar-refractivity contribution in [2.45, 2.75) is 24.8 Å². The van der Waals surface area contributed by atoms with Gasteiger partial charge in [-0.2, -0.15) is 0 Å². The molecular weight excluding hydrogens is 376 g/mol. The molecule has 0 N–H and O–H groups in total. The Bertz CT molecular complexity index is 1170. The van der Waals surface area contributed by atoms with E-state index in [1.807, 2.05) is 49.4 Å². The lowest BCUT2D eigenvalue weighted by atomic mass is 10.2. The molecule has 0 saturated carbocycles. The Hall–Kier alpha value is -3.13. The number of aryl methyl sites for hydroxylation is 1. The van der Waals surface area contributed by atoms with E-state index in [0.717, 1.165) is 11.4 Å². The van der Waals surface area contributed by atoms with Crippen LogP contribution in [0, 0.1) is 6.92 Å². The van der Waals surface area contributed by atoms with Gasteiger partial charge in [0.1, 0.15) is 5.75 Å². The molecule has 0 atom stereocenters. The van der Waals surface area contributed by atoms with Gasteiger partial charge < -0.3 is 9.15 Å². The number of hydrogen-bond acceptors (Lipinski definition) is 7. The van der Waals surface area contributed by atoms with E-state index in [9.17, 15) is 4.79 Å². The van der Waals surface area contributed by atoms with Crippen LogP contribution in [-0.4, -0.2) is 26.4 Å². The van der Waals surface area contributed by atoms with Gasteiger partial charge in [-0.1, -0.05) is 23.9 Å². The Morgan fingerprint density at radius 3 is 2.61 bits per heavy atom. The molecule has 4 aromatic rings. The average Bonchev–Trinajstić information content (AvgIpc) is 3.13. The van der Waals surface area contributed by atoms with Gasteiger partial charge in [-0.3, -0.25) is 9.36 Å². The number of fused-ring (bicyclic) bond motifs is 1. The fraction of sp³-hybridized carbons (Fsp3) is 0.200. The first kappa shape index (κ1) is 18.2. The zero-order valence-electron chi connectivity index (χ0n) is 15.5. The van der Waals surface area contributed by atoms with Crippen LogP contribution < -0.4 is 10.3 Å². The van der Waals surface area contributed by atoms with Crippen molar-refractivity contribution in [1.82, 2.24) is 19.7 Å². The van der Waals surface area contributed by atoms with Crippen LogP contribution in [0.1, 0.15) is 18.7 Å². The van der Waals surface area contributed by atoms with Gasteiger partial charge in [-0.25, -0.2) is 4.98 Å². The molecule has 2 aromatic carbocycles. The Morgan fingerprint density at radius 2 is 1.89 bits per heavy atom. The third-order valence-electron chi connectivity index (χ3n) is 4.04. The second kappa shape index (κ2) is 7.85. The van der Waals surface area contributed by atoms with Crippen LogP contribution in [-0.2, 0) is 5.75 Å². The largest absolute Gasteiger partial charge is 0.494 e. The topological polar surface area (TPSA) is 83.0 Å². The van der Waals surface area contributed by atoms with Crippen LogP contribution in [0.25, 0.3) is 16.6 Å². The van der Waals surface area contributed by atoms with Gasteiger partial charge in [0, 0.05) is 6.92 Å². The minimum absolute atomic E-state index is 0.126. The molecule has 4 rings (SSSR count). The third kappa shape index (κ3) is 3.63. The first-order chi connectivity index (χ1) is 13.7. The lowest BCUT2D eigenvalue weighted by Crippen LogP contribution is -2.21. The second-order valence-corrected chi connectivity index (χ2v) is 6.92. The van der Waals surface area contributed by atoms with E-state index in [-0.39, 0.29) is 5.56 Å². The third-order valence-corrected chi connectivity index (χ3v) is 4.97. The molecule has 0 aliphatic rings. The van der Waals surface area contributed by atoms with Gasteiger partial charge in [0.2, 0.25) is 11.8 Å². The highest BCUT2D eigenvalue weighted by Crippen LogP contribution is 2.25. The van der Waals surface area contributed by atoms with E-state index in [1.54, 1.807) is 17.6 Å². The Morgan fingerprint density at radius 1 is 1.11 bits per heavy atom. The minimum Gasteiger partial charge on any atom is -0.494 e. The normalized spacial score (nSPS) is 11.1. The smallest absolute Gasteiger partial charge is 0.266 e. The van der Waals surface area contributed by atoms with Gasteiger partial charge in [0.15, 0.2) is 5.16 Å². The van der Waals surface area contributed by atoms with Crippen molar-refractivity contribution in [2.24, 2.45) is 0 Å². The highest BCUT2D eigenvalue weighted by molar-refractivity contribution is 7.98. The molecule has 28 heavy (non-hydrogen) atoms. The highest BCUT2D eigenvalue weighted by atomic mass is 32.2. The number of hydrogen-bond donors (Lipinski definition) is 0. The quantitative estimate of drug-likeness (QED) is 0.364. The summed E-state index contributed by atoms with van der Waals surface area (Å²) in [5, 5.41) is 8.98. The summed E-state index contributed by atoms with van der Waals surface area (Å²) in [4.78, 5) is 17.9. The van der Waals surface area contributed by atoms with Crippen LogP contribution in [0.3, 0.4) is 0 Å². The summed E-state index contributed by atoms with van der Waals surface area (Å²) in [6.07, 6.45) is 0. The number of benzene rings is 2. The predicted octanol–water partition coefficient (Wildman–Crippen LogP) is 3.77. The van der Waals surface area contributed by atoms with E-state index >= 15 is 0 Å². The Labute approximate surface area is 165 Å². The van der Waals surface area contributed by atoms with Crippen LogP contribution >= 0.6 is 11.8 Å². The molecular formula is C20H18N4O3S. The number of thioether (sulfide) groups is 1. The first-order valence-electron chi connectivity index (χ1n) is 8.82. The number of rotatable bonds is 6. The number of nitrogens with zero attached hydrogens (tertiary/aromatic N) is 4. The van der Waals surface area contributed by atoms with Crippen LogP contribution in [0.2, 0.25) is 0 Å². The van der Waals surface area contributed by atoms with E-state index in [1.165, 1.54) is 11.8 Å². The van der Waals surface area contributed by atoms with E-state index in [2.05, 4.69) is 10.2 Å². The maximum Gasteiger partial charge on any atom is 0.266 e. The summed E-state index contributed by atoms with van der Waals surface area (Å²) < 4.78 is 12.5. The molecule has 2 aromatic heterocycles. The van der Waals surface area contributed by atoms with E-state index < -0.39 is 0 Å². The van der Waals surface area contributed by atoms with Crippen molar-refractivity contribution in [3.63, 3.8) is 0 Å². The summed E-state index contributed by atoms with van der Waals surface area (Å²) in [5.74, 6) is 2.17. The Kier molecular flexibility index (Phi) is 5.12. The van der Waals surface area contributed by atoms with Crippen molar-refractivity contribution >= 4 is 22.7 Å². The van der Waals surface area contributed by atoms with Gasteiger partial charge in [-0.15, -0.1) is 10.2 Å². The van der Waals surface area contributed by atoms with Gasteiger partial charge in [0.25, 0.3) is 5.56 Å². The standard InChI is InChI=1S/C20H18N4O3S/c1-3-26-15-10-8-14(9-11-15)24-19(25)16-6-4-5-7-17(16)21-20(24)28-12-18-23-22-13(2)27-18/h4-11H,3,12H2,1-2H3. The number of ether oxygens (including phenoxy) is 1. The summed E-state index contributed by atoms with van der Waals surface area (Å²) >= 11 is 1.38. The average molecular weight is 394 g/mol. The fourth-order valence-corrected chi connectivity index (χ4v) is 3.67. The van der Waals surface area contributed by atoms with Gasteiger partial charge in [-0.05, 0) is 43.3 Å². The predicted molar refractivity (Wildman–Crippen MR) is 107 cm³/mol. The second-order valence-electron chi connectivity index (χ2n) is 5.98. The molecule has 0 spiro atoms. The van der Waals surface area contributed by atoms with Crippen LogP contribution in [0.15, 0.2) is 62.9 Å². The van der Waals surface area contributed by atoms with E-state index in [4.69, 9.17) is 14.1 Å². The zero-order valence-corrected chi connectivity index (χ0v) is 16.3. The summed E-state index contributed by atoms with van der Waals surface area (Å²) in [6.45, 7) is 4.26. The molecule has 142 valence electrons. The maximum atomic E-state index is 13.2. The van der Waals surface area contributed by atoms with Crippen molar-refractivity contribution < 1.29 is 9.15 Å². The fourth-order valence-electron chi connectivity index (χ4n) is 2.82. The lowest BCUT2D eigenvalue weighted by molar-refractivity contribution is 0.340. The number of aromatic nitrogens is 4. The SMILES string of the molecule is CCOc1ccc(-n2c(SCc3nnc(C)o3)nc3ccccc3c2=O)cc1. The van der Waals surface area contributed by atoms with Crippen molar-refractivity contribution in [2.75, 3.05) is 6.61 Å². The van der Waals surface area contributed by atoms with Gasteiger partial charge >= 0.3 is 0 Å². The molecule has 8 heteroatoms. The highest BCUT2D eigenvalue weighted by Gasteiger charge is 2.15. The summed E-state index contributed by atoms with van der Waals surface area (Å²) in [5.41, 5.74) is 1.24.